The summed E-state index contributed by atoms with van der Waals surface area (Å²) in [6.45, 7) is 2.71. The van der Waals surface area contributed by atoms with Gasteiger partial charge in [0.1, 0.15) is 12.7 Å². The van der Waals surface area contributed by atoms with Crippen LogP contribution >= 0.6 is 0 Å². The second kappa shape index (κ2) is 8.97. The summed E-state index contributed by atoms with van der Waals surface area (Å²) in [5.74, 6) is 0.296. The zero-order valence-electron chi connectivity index (χ0n) is 16.3. The van der Waals surface area contributed by atoms with E-state index >= 15 is 0 Å². The van der Waals surface area contributed by atoms with E-state index in [4.69, 9.17) is 15.2 Å². The summed E-state index contributed by atoms with van der Waals surface area (Å²) in [4.78, 5) is 2.35. The molecule has 0 bridgehead atoms. The molecule has 0 radical (unpaired) electrons. The van der Waals surface area contributed by atoms with Gasteiger partial charge in [0.15, 0.2) is 17.3 Å². The van der Waals surface area contributed by atoms with Crippen LogP contribution < -0.4 is 15.2 Å². The summed E-state index contributed by atoms with van der Waals surface area (Å²) in [7, 11) is 0. The Kier molecular flexibility index (Phi) is 5.96. The van der Waals surface area contributed by atoms with E-state index in [0.717, 1.165) is 25.2 Å². The molecule has 0 aromatic heterocycles. The highest BCUT2D eigenvalue weighted by atomic mass is 19.1. The van der Waals surface area contributed by atoms with Gasteiger partial charge in [0.2, 0.25) is 0 Å². The Labute approximate surface area is 170 Å². The Morgan fingerprint density at radius 1 is 0.931 bits per heavy atom. The Hall–Kier alpha value is -3.05. The van der Waals surface area contributed by atoms with Crippen molar-refractivity contribution in [2.45, 2.75) is 19.1 Å². The molecule has 1 atom stereocenters. The molecule has 150 valence electrons. The normalized spacial score (nSPS) is 15.4. The lowest BCUT2D eigenvalue weighted by Gasteiger charge is -2.31. The lowest BCUT2D eigenvalue weighted by molar-refractivity contribution is 0.0538. The van der Waals surface area contributed by atoms with Crippen LogP contribution in [0.3, 0.4) is 0 Å². The van der Waals surface area contributed by atoms with Crippen molar-refractivity contribution in [2.24, 2.45) is 0 Å². The molecule has 1 aliphatic rings. The molecule has 29 heavy (non-hydrogen) atoms. The summed E-state index contributed by atoms with van der Waals surface area (Å²) in [6, 6.07) is 23.1. The van der Waals surface area contributed by atoms with E-state index in [1.165, 1.54) is 17.2 Å². The number of nitrogens with two attached hydrogens (primary N) is 1. The minimum Gasteiger partial charge on any atom is -0.483 e. The number of hydrogen-bond acceptors (Lipinski definition) is 4. The number of para-hydroxylation sites is 1. The van der Waals surface area contributed by atoms with E-state index < -0.39 is 0 Å². The number of fused-ring (bicyclic) bond motifs is 1. The van der Waals surface area contributed by atoms with Gasteiger partial charge in [-0.25, -0.2) is 4.39 Å². The average Bonchev–Trinajstić information content (AvgIpc) is 2.74. The molecule has 0 saturated heterocycles. The SMILES string of the molecule is Nc1ccc(CCN(Cc2ccccc2)CC2COc3c(F)cccc3O2)cc1. The van der Waals surface area contributed by atoms with Crippen molar-refractivity contribution in [2.75, 3.05) is 25.4 Å². The highest BCUT2D eigenvalue weighted by Gasteiger charge is 2.25. The van der Waals surface area contributed by atoms with Crippen molar-refractivity contribution in [3.8, 4) is 11.5 Å². The third kappa shape index (κ3) is 5.06. The zero-order chi connectivity index (χ0) is 20.1. The number of ether oxygens (including phenoxy) is 2. The standard InChI is InChI=1S/C24H25FN2O2/c25-22-7-4-8-23-24(22)28-17-21(29-23)16-27(15-19-5-2-1-3-6-19)14-13-18-9-11-20(26)12-10-18/h1-12,21H,13-17,26H2. The van der Waals surface area contributed by atoms with E-state index in [9.17, 15) is 4.39 Å². The maximum atomic E-state index is 13.9. The summed E-state index contributed by atoms with van der Waals surface area (Å²) in [6.07, 6.45) is 0.755. The maximum absolute atomic E-state index is 13.9. The summed E-state index contributed by atoms with van der Waals surface area (Å²) in [5.41, 5.74) is 9.05. The largest absolute Gasteiger partial charge is 0.483 e. The second-order valence-electron chi connectivity index (χ2n) is 7.33. The monoisotopic (exact) mass is 392 g/mol. The average molecular weight is 392 g/mol. The molecular formula is C24H25FN2O2. The lowest BCUT2D eigenvalue weighted by atomic mass is 10.1. The predicted molar refractivity (Wildman–Crippen MR) is 113 cm³/mol. The summed E-state index contributed by atoms with van der Waals surface area (Å²) in [5, 5.41) is 0. The van der Waals surface area contributed by atoms with Crippen LogP contribution in [0.5, 0.6) is 11.5 Å². The number of anilines is 1. The van der Waals surface area contributed by atoms with Crippen molar-refractivity contribution in [1.82, 2.24) is 4.90 Å². The van der Waals surface area contributed by atoms with Gasteiger partial charge in [-0.1, -0.05) is 48.5 Å². The first-order valence-corrected chi connectivity index (χ1v) is 9.86. The van der Waals surface area contributed by atoms with Gasteiger partial charge in [-0.2, -0.15) is 0 Å². The van der Waals surface area contributed by atoms with E-state index in [1.54, 1.807) is 12.1 Å². The molecule has 1 unspecified atom stereocenters. The van der Waals surface area contributed by atoms with Crippen LogP contribution in [0.1, 0.15) is 11.1 Å². The first-order chi connectivity index (χ1) is 14.2. The summed E-state index contributed by atoms with van der Waals surface area (Å²) >= 11 is 0. The third-order valence-corrected chi connectivity index (χ3v) is 5.05. The number of halogens is 1. The van der Waals surface area contributed by atoms with Crippen LogP contribution in [0.15, 0.2) is 72.8 Å². The topological polar surface area (TPSA) is 47.7 Å². The molecular weight excluding hydrogens is 367 g/mol. The van der Waals surface area contributed by atoms with E-state index in [1.807, 2.05) is 30.3 Å². The van der Waals surface area contributed by atoms with Crippen molar-refractivity contribution >= 4 is 5.69 Å². The smallest absolute Gasteiger partial charge is 0.197 e. The van der Waals surface area contributed by atoms with Crippen LogP contribution in [-0.2, 0) is 13.0 Å². The molecule has 5 heteroatoms. The van der Waals surface area contributed by atoms with Crippen LogP contribution in [0, 0.1) is 5.82 Å². The molecule has 0 fully saturated rings. The van der Waals surface area contributed by atoms with E-state index in [0.29, 0.717) is 18.9 Å². The Bertz CT molecular complexity index is 931. The molecule has 1 heterocycles. The van der Waals surface area contributed by atoms with E-state index in [2.05, 4.69) is 29.2 Å². The van der Waals surface area contributed by atoms with Crippen molar-refractivity contribution in [3.63, 3.8) is 0 Å². The Morgan fingerprint density at radius 3 is 2.52 bits per heavy atom. The fourth-order valence-electron chi connectivity index (χ4n) is 3.54. The lowest BCUT2D eigenvalue weighted by Crippen LogP contribution is -2.41. The van der Waals surface area contributed by atoms with Crippen LogP contribution in [0.25, 0.3) is 0 Å². The molecule has 3 aromatic carbocycles. The van der Waals surface area contributed by atoms with Gasteiger partial charge >= 0.3 is 0 Å². The molecule has 2 N–H and O–H groups in total. The predicted octanol–water partition coefficient (Wildman–Crippen LogP) is 4.29. The fourth-order valence-corrected chi connectivity index (χ4v) is 3.54. The van der Waals surface area contributed by atoms with E-state index in [-0.39, 0.29) is 17.7 Å². The highest BCUT2D eigenvalue weighted by molar-refractivity contribution is 5.42. The van der Waals surface area contributed by atoms with Gasteiger partial charge in [-0.15, -0.1) is 0 Å². The maximum Gasteiger partial charge on any atom is 0.197 e. The van der Waals surface area contributed by atoms with Crippen molar-refractivity contribution in [3.05, 3.63) is 89.7 Å². The number of nitrogens with zero attached hydrogens (tertiary/aromatic N) is 1. The molecule has 0 spiro atoms. The van der Waals surface area contributed by atoms with Gasteiger partial charge < -0.3 is 15.2 Å². The van der Waals surface area contributed by atoms with Gasteiger partial charge in [-0.05, 0) is 41.8 Å². The molecule has 4 rings (SSSR count). The summed E-state index contributed by atoms with van der Waals surface area (Å²) < 4.78 is 25.5. The van der Waals surface area contributed by atoms with Crippen LogP contribution in [0.2, 0.25) is 0 Å². The fraction of sp³-hybridized carbons (Fsp3) is 0.250. The molecule has 0 saturated carbocycles. The first-order valence-electron chi connectivity index (χ1n) is 9.86. The molecule has 3 aromatic rings. The number of hydrogen-bond donors (Lipinski definition) is 1. The number of nitrogen functional groups attached to an aromatic ring is 1. The van der Waals surface area contributed by atoms with Crippen molar-refractivity contribution < 1.29 is 13.9 Å². The van der Waals surface area contributed by atoms with Gasteiger partial charge in [0, 0.05) is 25.3 Å². The first kappa shape index (κ1) is 19.3. The minimum atomic E-state index is -0.384. The molecule has 0 aliphatic carbocycles. The zero-order valence-corrected chi connectivity index (χ0v) is 16.3. The molecule has 1 aliphatic heterocycles. The van der Waals surface area contributed by atoms with Crippen molar-refractivity contribution in [1.29, 1.82) is 0 Å². The molecule has 0 amide bonds. The Morgan fingerprint density at radius 2 is 1.72 bits per heavy atom. The minimum absolute atomic E-state index is 0.153. The van der Waals surface area contributed by atoms with Crippen LogP contribution in [-0.4, -0.2) is 30.7 Å². The Balaban J connectivity index is 1.44. The second-order valence-corrected chi connectivity index (χ2v) is 7.33. The van der Waals surface area contributed by atoms with Gasteiger partial charge in [0.25, 0.3) is 0 Å². The number of benzene rings is 3. The van der Waals surface area contributed by atoms with Gasteiger partial charge in [-0.3, -0.25) is 4.90 Å². The highest BCUT2D eigenvalue weighted by Crippen LogP contribution is 2.34. The quantitative estimate of drug-likeness (QED) is 0.610. The number of rotatable bonds is 7. The van der Waals surface area contributed by atoms with Crippen LogP contribution in [0.4, 0.5) is 10.1 Å². The van der Waals surface area contributed by atoms with Gasteiger partial charge in [0.05, 0.1) is 0 Å². The third-order valence-electron chi connectivity index (χ3n) is 5.05. The molecule has 4 nitrogen and oxygen atoms in total.